The van der Waals surface area contributed by atoms with Crippen molar-refractivity contribution in [3.05, 3.63) is 23.3 Å². The summed E-state index contributed by atoms with van der Waals surface area (Å²) in [4.78, 5) is 0. The second-order valence-corrected chi connectivity index (χ2v) is 5.03. The molecular formula is C16H25NO2. The van der Waals surface area contributed by atoms with Crippen LogP contribution >= 0.6 is 0 Å². The van der Waals surface area contributed by atoms with Crippen LogP contribution in [0.2, 0.25) is 0 Å². The molecule has 1 atom stereocenters. The molecule has 0 unspecified atom stereocenters. The van der Waals surface area contributed by atoms with Gasteiger partial charge in [-0.05, 0) is 50.4 Å². The molecule has 0 saturated carbocycles. The first-order valence-corrected chi connectivity index (χ1v) is 7.34. The third-order valence-corrected chi connectivity index (χ3v) is 3.83. The van der Waals surface area contributed by atoms with Crippen LogP contribution in [0, 0.1) is 0 Å². The van der Waals surface area contributed by atoms with Crippen LogP contribution in [0.5, 0.6) is 11.5 Å². The number of hydrogen-bond acceptors (Lipinski definition) is 3. The molecule has 1 fully saturated rings. The Morgan fingerprint density at radius 3 is 2.68 bits per heavy atom. The van der Waals surface area contributed by atoms with E-state index in [-0.39, 0.29) is 0 Å². The van der Waals surface area contributed by atoms with Crippen LogP contribution in [0.15, 0.2) is 12.1 Å². The maximum absolute atomic E-state index is 5.78. The fourth-order valence-corrected chi connectivity index (χ4v) is 2.80. The van der Waals surface area contributed by atoms with Crippen LogP contribution < -0.4 is 14.8 Å². The third kappa shape index (κ3) is 3.21. The number of nitrogens with one attached hydrogen (secondary N) is 1. The SMILES string of the molecule is CCOc1cc([C@H]2CCCNC2)c(OC)cc1CC. The summed E-state index contributed by atoms with van der Waals surface area (Å²) in [5.74, 6) is 2.56. The van der Waals surface area contributed by atoms with Crippen molar-refractivity contribution >= 4 is 0 Å². The largest absolute Gasteiger partial charge is 0.496 e. The monoisotopic (exact) mass is 263 g/mol. The van der Waals surface area contributed by atoms with Gasteiger partial charge in [-0.3, -0.25) is 0 Å². The molecule has 2 rings (SSSR count). The highest BCUT2D eigenvalue weighted by atomic mass is 16.5. The van der Waals surface area contributed by atoms with E-state index in [2.05, 4.69) is 24.4 Å². The highest BCUT2D eigenvalue weighted by molar-refractivity contribution is 5.48. The van der Waals surface area contributed by atoms with Crippen molar-refractivity contribution in [3.63, 3.8) is 0 Å². The van der Waals surface area contributed by atoms with Gasteiger partial charge in [0.25, 0.3) is 0 Å². The number of hydrogen-bond donors (Lipinski definition) is 1. The van der Waals surface area contributed by atoms with Crippen molar-refractivity contribution in [2.24, 2.45) is 0 Å². The molecule has 0 radical (unpaired) electrons. The van der Waals surface area contributed by atoms with Crippen molar-refractivity contribution in [3.8, 4) is 11.5 Å². The Kier molecular flexibility index (Phi) is 5.08. The van der Waals surface area contributed by atoms with Crippen molar-refractivity contribution in [1.82, 2.24) is 5.32 Å². The first-order valence-electron chi connectivity index (χ1n) is 7.34. The Bertz CT molecular complexity index is 411. The number of piperidine rings is 1. The van der Waals surface area contributed by atoms with Crippen LogP contribution in [-0.4, -0.2) is 26.8 Å². The number of ether oxygens (including phenoxy) is 2. The average Bonchev–Trinajstić information content (AvgIpc) is 2.48. The van der Waals surface area contributed by atoms with E-state index in [1.165, 1.54) is 24.0 Å². The second kappa shape index (κ2) is 6.80. The van der Waals surface area contributed by atoms with E-state index in [1.807, 2.05) is 6.92 Å². The Labute approximate surface area is 116 Å². The first kappa shape index (κ1) is 14.2. The minimum Gasteiger partial charge on any atom is -0.496 e. The summed E-state index contributed by atoms with van der Waals surface area (Å²) in [5.41, 5.74) is 2.52. The maximum Gasteiger partial charge on any atom is 0.123 e. The molecule has 0 aliphatic carbocycles. The molecule has 1 aliphatic heterocycles. The summed E-state index contributed by atoms with van der Waals surface area (Å²) in [7, 11) is 1.76. The molecule has 1 saturated heterocycles. The topological polar surface area (TPSA) is 30.5 Å². The summed E-state index contributed by atoms with van der Waals surface area (Å²) < 4.78 is 11.4. The highest BCUT2D eigenvalue weighted by Crippen LogP contribution is 2.36. The Morgan fingerprint density at radius 2 is 2.11 bits per heavy atom. The molecule has 3 nitrogen and oxygen atoms in total. The van der Waals surface area contributed by atoms with Crippen molar-refractivity contribution < 1.29 is 9.47 Å². The van der Waals surface area contributed by atoms with Gasteiger partial charge < -0.3 is 14.8 Å². The molecule has 1 aromatic carbocycles. The van der Waals surface area contributed by atoms with Crippen molar-refractivity contribution in [2.75, 3.05) is 26.8 Å². The fourth-order valence-electron chi connectivity index (χ4n) is 2.80. The van der Waals surface area contributed by atoms with Gasteiger partial charge in [0.05, 0.1) is 13.7 Å². The Balaban J connectivity index is 2.36. The van der Waals surface area contributed by atoms with E-state index in [9.17, 15) is 0 Å². The number of methoxy groups -OCH3 is 1. The molecule has 3 heteroatoms. The van der Waals surface area contributed by atoms with Gasteiger partial charge in [0.15, 0.2) is 0 Å². The van der Waals surface area contributed by atoms with Crippen LogP contribution in [0.1, 0.15) is 43.7 Å². The summed E-state index contributed by atoms with van der Waals surface area (Å²) in [5, 5.41) is 3.47. The van der Waals surface area contributed by atoms with Crippen molar-refractivity contribution in [1.29, 1.82) is 0 Å². The molecule has 19 heavy (non-hydrogen) atoms. The van der Waals surface area contributed by atoms with Gasteiger partial charge in [-0.2, -0.15) is 0 Å². The number of benzene rings is 1. The second-order valence-electron chi connectivity index (χ2n) is 5.03. The molecule has 1 aromatic rings. The zero-order valence-electron chi connectivity index (χ0n) is 12.3. The van der Waals surface area contributed by atoms with E-state index < -0.39 is 0 Å². The molecule has 0 spiro atoms. The van der Waals surface area contributed by atoms with Gasteiger partial charge in [-0.1, -0.05) is 6.92 Å². The lowest BCUT2D eigenvalue weighted by Crippen LogP contribution is -2.28. The van der Waals surface area contributed by atoms with Gasteiger partial charge >= 0.3 is 0 Å². The molecule has 0 amide bonds. The van der Waals surface area contributed by atoms with Gasteiger partial charge in [-0.25, -0.2) is 0 Å². The van der Waals surface area contributed by atoms with Crippen LogP contribution in [-0.2, 0) is 6.42 Å². The molecule has 1 N–H and O–H groups in total. The minimum atomic E-state index is 0.536. The highest BCUT2D eigenvalue weighted by Gasteiger charge is 2.21. The van der Waals surface area contributed by atoms with E-state index in [4.69, 9.17) is 9.47 Å². The lowest BCUT2D eigenvalue weighted by atomic mass is 9.89. The molecule has 0 bridgehead atoms. The summed E-state index contributed by atoms with van der Waals surface area (Å²) >= 11 is 0. The van der Waals surface area contributed by atoms with Crippen LogP contribution in [0.25, 0.3) is 0 Å². The molecule has 0 aromatic heterocycles. The predicted octanol–water partition coefficient (Wildman–Crippen LogP) is 3.12. The summed E-state index contributed by atoms with van der Waals surface area (Å²) in [6.07, 6.45) is 3.42. The third-order valence-electron chi connectivity index (χ3n) is 3.83. The van der Waals surface area contributed by atoms with Gasteiger partial charge in [0, 0.05) is 18.0 Å². The maximum atomic E-state index is 5.78. The summed E-state index contributed by atoms with van der Waals surface area (Å²) in [6.45, 7) is 7.06. The lowest BCUT2D eigenvalue weighted by molar-refractivity contribution is 0.332. The molecule has 1 aliphatic rings. The standard InChI is InChI=1S/C16H25NO2/c1-4-12-9-16(18-3)14(10-15(12)19-5-2)13-7-6-8-17-11-13/h9-10,13,17H,4-8,11H2,1-3H3/t13-/m0/s1. The first-order chi connectivity index (χ1) is 9.30. The normalized spacial score (nSPS) is 19.2. The van der Waals surface area contributed by atoms with E-state index in [1.54, 1.807) is 7.11 Å². The zero-order chi connectivity index (χ0) is 13.7. The lowest BCUT2D eigenvalue weighted by Gasteiger charge is -2.26. The molecule has 1 heterocycles. The van der Waals surface area contributed by atoms with Gasteiger partial charge in [0.1, 0.15) is 11.5 Å². The number of rotatable bonds is 5. The van der Waals surface area contributed by atoms with Crippen LogP contribution in [0.3, 0.4) is 0 Å². The fraction of sp³-hybridized carbons (Fsp3) is 0.625. The Morgan fingerprint density at radius 1 is 1.26 bits per heavy atom. The average molecular weight is 263 g/mol. The van der Waals surface area contributed by atoms with E-state index >= 15 is 0 Å². The Hall–Kier alpha value is -1.22. The number of aryl methyl sites for hydroxylation is 1. The predicted molar refractivity (Wildman–Crippen MR) is 78.4 cm³/mol. The molecule has 106 valence electrons. The smallest absolute Gasteiger partial charge is 0.123 e. The van der Waals surface area contributed by atoms with E-state index in [0.717, 1.165) is 31.0 Å². The molecular weight excluding hydrogens is 238 g/mol. The minimum absolute atomic E-state index is 0.536. The zero-order valence-corrected chi connectivity index (χ0v) is 12.3. The quantitative estimate of drug-likeness (QED) is 0.885. The van der Waals surface area contributed by atoms with Gasteiger partial charge in [0.2, 0.25) is 0 Å². The van der Waals surface area contributed by atoms with Gasteiger partial charge in [-0.15, -0.1) is 0 Å². The van der Waals surface area contributed by atoms with Crippen molar-refractivity contribution in [2.45, 2.75) is 39.0 Å². The summed E-state index contributed by atoms with van der Waals surface area (Å²) in [6, 6.07) is 4.34. The van der Waals surface area contributed by atoms with Crippen LogP contribution in [0.4, 0.5) is 0 Å². The van der Waals surface area contributed by atoms with E-state index in [0.29, 0.717) is 12.5 Å².